The van der Waals surface area contributed by atoms with Crippen molar-refractivity contribution in [2.75, 3.05) is 7.05 Å². The van der Waals surface area contributed by atoms with Crippen LogP contribution in [-0.2, 0) is 9.59 Å². The van der Waals surface area contributed by atoms with Crippen molar-refractivity contribution in [3.8, 4) is 0 Å². The topological polar surface area (TPSA) is 85.3 Å². The highest BCUT2D eigenvalue weighted by Gasteiger charge is 2.44. The Labute approximate surface area is 161 Å². The van der Waals surface area contributed by atoms with Gasteiger partial charge in [-0.2, -0.15) is 0 Å². The molecular formula is C21H30N4O2. The second-order valence-corrected chi connectivity index (χ2v) is 8.22. The molecule has 0 radical (unpaired) electrons. The summed E-state index contributed by atoms with van der Waals surface area (Å²) >= 11 is 0. The molecule has 1 aromatic carbocycles. The normalized spacial score (nSPS) is 29.8. The quantitative estimate of drug-likeness (QED) is 0.762. The number of nitrogens with one attached hydrogen (secondary N) is 3. The van der Waals surface area contributed by atoms with Crippen LogP contribution < -0.4 is 10.6 Å². The summed E-state index contributed by atoms with van der Waals surface area (Å²) in [5, 5.41) is 14.4. The number of hydrogen-bond donors (Lipinski definition) is 3. The minimum Gasteiger partial charge on any atom is -0.350 e. The van der Waals surface area contributed by atoms with E-state index in [2.05, 4.69) is 10.6 Å². The van der Waals surface area contributed by atoms with Crippen molar-refractivity contribution in [2.24, 2.45) is 11.8 Å². The predicted molar refractivity (Wildman–Crippen MR) is 105 cm³/mol. The Bertz CT molecular complexity index is 700. The summed E-state index contributed by atoms with van der Waals surface area (Å²) in [4.78, 5) is 26.5. The Hall–Kier alpha value is -2.37. The number of carbonyl (C=O) groups is 2. The second kappa shape index (κ2) is 7.71. The standard InChI is InChI=1S/C21H30N4O2/c1-14(15-8-5-4-6-9-15)23-19(27)16-10-7-11-17(12-16)21(2)13-18(26)25(3)20(22)24-21/h4-6,8-9,14,16-17H,7,10-13H2,1-3H3,(H2,22,24)(H,23,27)/t14-,16?,17?,21+/m1/s1. The molecule has 2 unspecified atom stereocenters. The first kappa shape index (κ1) is 19.4. The van der Waals surface area contributed by atoms with Crippen LogP contribution in [0.4, 0.5) is 0 Å². The van der Waals surface area contributed by atoms with Crippen molar-refractivity contribution in [2.45, 2.75) is 57.5 Å². The van der Waals surface area contributed by atoms with Crippen LogP contribution >= 0.6 is 0 Å². The maximum Gasteiger partial charge on any atom is 0.231 e. The molecule has 2 amide bonds. The molecule has 3 N–H and O–H groups in total. The van der Waals surface area contributed by atoms with Gasteiger partial charge in [-0.3, -0.25) is 19.9 Å². The summed E-state index contributed by atoms with van der Waals surface area (Å²) < 4.78 is 0. The maximum atomic E-state index is 12.8. The molecule has 2 aliphatic rings. The first-order valence-corrected chi connectivity index (χ1v) is 9.79. The molecular weight excluding hydrogens is 340 g/mol. The van der Waals surface area contributed by atoms with E-state index < -0.39 is 5.54 Å². The molecule has 146 valence electrons. The van der Waals surface area contributed by atoms with Crippen molar-refractivity contribution >= 4 is 17.8 Å². The van der Waals surface area contributed by atoms with Gasteiger partial charge in [0.2, 0.25) is 11.8 Å². The smallest absolute Gasteiger partial charge is 0.231 e. The lowest BCUT2D eigenvalue weighted by Gasteiger charge is -2.46. The third kappa shape index (κ3) is 4.15. The molecule has 6 heteroatoms. The van der Waals surface area contributed by atoms with Gasteiger partial charge < -0.3 is 10.6 Å². The zero-order valence-corrected chi connectivity index (χ0v) is 16.4. The summed E-state index contributed by atoms with van der Waals surface area (Å²) in [7, 11) is 1.62. The summed E-state index contributed by atoms with van der Waals surface area (Å²) in [5.41, 5.74) is 0.645. The van der Waals surface area contributed by atoms with Gasteiger partial charge in [-0.05, 0) is 44.6 Å². The van der Waals surface area contributed by atoms with E-state index in [4.69, 9.17) is 5.41 Å². The van der Waals surface area contributed by atoms with E-state index in [-0.39, 0.29) is 35.7 Å². The fourth-order valence-corrected chi connectivity index (χ4v) is 4.37. The van der Waals surface area contributed by atoms with E-state index >= 15 is 0 Å². The van der Waals surface area contributed by atoms with Crippen LogP contribution in [0.1, 0.15) is 57.6 Å². The number of rotatable bonds is 4. The Morgan fingerprint density at radius 2 is 2.04 bits per heavy atom. The van der Waals surface area contributed by atoms with Crippen molar-refractivity contribution in [1.82, 2.24) is 15.5 Å². The van der Waals surface area contributed by atoms with Crippen LogP contribution in [0.15, 0.2) is 30.3 Å². The average molecular weight is 370 g/mol. The summed E-state index contributed by atoms with van der Waals surface area (Å²) in [5.74, 6) is 0.363. The highest BCUT2D eigenvalue weighted by Crippen LogP contribution is 2.39. The van der Waals surface area contributed by atoms with E-state index in [1.807, 2.05) is 44.2 Å². The minimum absolute atomic E-state index is 0.0223. The van der Waals surface area contributed by atoms with Crippen molar-refractivity contribution < 1.29 is 9.59 Å². The Morgan fingerprint density at radius 1 is 1.33 bits per heavy atom. The molecule has 1 heterocycles. The first-order valence-electron chi connectivity index (χ1n) is 9.79. The monoisotopic (exact) mass is 370 g/mol. The molecule has 4 atom stereocenters. The lowest BCUT2D eigenvalue weighted by molar-refractivity contribution is -0.130. The van der Waals surface area contributed by atoms with E-state index in [0.717, 1.165) is 31.2 Å². The molecule has 0 spiro atoms. The number of nitrogens with zero attached hydrogens (tertiary/aromatic N) is 1. The zero-order valence-electron chi connectivity index (χ0n) is 16.4. The number of hydrogen-bond acceptors (Lipinski definition) is 3. The molecule has 1 saturated heterocycles. The predicted octanol–water partition coefficient (Wildman–Crippen LogP) is 2.82. The zero-order chi connectivity index (χ0) is 19.6. The van der Waals surface area contributed by atoms with E-state index in [0.29, 0.717) is 6.42 Å². The van der Waals surface area contributed by atoms with Crippen molar-refractivity contribution in [1.29, 1.82) is 5.41 Å². The van der Waals surface area contributed by atoms with Gasteiger partial charge in [-0.1, -0.05) is 36.8 Å². The van der Waals surface area contributed by atoms with Gasteiger partial charge in [-0.15, -0.1) is 0 Å². The minimum atomic E-state index is -0.454. The molecule has 1 aliphatic heterocycles. The number of carbonyl (C=O) groups excluding carboxylic acids is 2. The van der Waals surface area contributed by atoms with Crippen LogP contribution in [0.5, 0.6) is 0 Å². The summed E-state index contributed by atoms with van der Waals surface area (Å²) in [6.07, 6.45) is 3.94. The molecule has 27 heavy (non-hydrogen) atoms. The van der Waals surface area contributed by atoms with Crippen molar-refractivity contribution in [3.05, 3.63) is 35.9 Å². The lowest BCUT2D eigenvalue weighted by atomic mass is 9.69. The van der Waals surface area contributed by atoms with Gasteiger partial charge in [0.25, 0.3) is 0 Å². The van der Waals surface area contributed by atoms with Crippen LogP contribution in [0, 0.1) is 17.2 Å². The highest BCUT2D eigenvalue weighted by atomic mass is 16.2. The summed E-state index contributed by atoms with van der Waals surface area (Å²) in [6, 6.07) is 9.95. The fraction of sp³-hybridized carbons (Fsp3) is 0.571. The second-order valence-electron chi connectivity index (χ2n) is 8.22. The van der Waals surface area contributed by atoms with Gasteiger partial charge in [0.05, 0.1) is 12.5 Å². The number of guanidine groups is 1. The van der Waals surface area contributed by atoms with E-state index in [9.17, 15) is 9.59 Å². The SMILES string of the molecule is C[C@@H](NC(=O)C1CCCC([C@]2(C)CC(=O)N(C)C(=N)N2)C1)c1ccccc1. The van der Waals surface area contributed by atoms with Crippen LogP contribution in [0.2, 0.25) is 0 Å². The molecule has 3 rings (SSSR count). The maximum absolute atomic E-state index is 12.8. The van der Waals surface area contributed by atoms with Gasteiger partial charge in [0.15, 0.2) is 5.96 Å². The molecule has 2 fully saturated rings. The summed E-state index contributed by atoms with van der Waals surface area (Å²) in [6.45, 7) is 4.03. The molecule has 1 aromatic rings. The van der Waals surface area contributed by atoms with Crippen LogP contribution in [0.3, 0.4) is 0 Å². The van der Waals surface area contributed by atoms with Crippen molar-refractivity contribution in [3.63, 3.8) is 0 Å². The molecule has 0 bridgehead atoms. The number of benzene rings is 1. The largest absolute Gasteiger partial charge is 0.350 e. The van der Waals surface area contributed by atoms with Gasteiger partial charge in [-0.25, -0.2) is 0 Å². The fourth-order valence-electron chi connectivity index (χ4n) is 4.37. The van der Waals surface area contributed by atoms with E-state index in [1.54, 1.807) is 7.05 Å². The van der Waals surface area contributed by atoms with Gasteiger partial charge in [0, 0.05) is 18.5 Å². The molecule has 1 saturated carbocycles. The van der Waals surface area contributed by atoms with Crippen LogP contribution in [0.25, 0.3) is 0 Å². The average Bonchev–Trinajstić information content (AvgIpc) is 2.67. The Morgan fingerprint density at radius 3 is 2.70 bits per heavy atom. The van der Waals surface area contributed by atoms with Gasteiger partial charge >= 0.3 is 0 Å². The number of amides is 2. The Balaban J connectivity index is 1.64. The molecule has 0 aromatic heterocycles. The molecule has 1 aliphatic carbocycles. The first-order chi connectivity index (χ1) is 12.8. The lowest BCUT2D eigenvalue weighted by Crippen LogP contribution is -2.63. The van der Waals surface area contributed by atoms with Gasteiger partial charge in [0.1, 0.15) is 0 Å². The molecule has 6 nitrogen and oxygen atoms in total. The third-order valence-electron chi connectivity index (χ3n) is 6.24. The third-order valence-corrected chi connectivity index (χ3v) is 6.24. The highest BCUT2D eigenvalue weighted by molar-refractivity contribution is 5.98. The van der Waals surface area contributed by atoms with E-state index in [1.165, 1.54) is 4.90 Å². The van der Waals surface area contributed by atoms with Crippen LogP contribution in [-0.4, -0.2) is 35.3 Å². The Kier molecular flexibility index (Phi) is 5.53.